The lowest BCUT2D eigenvalue weighted by Gasteiger charge is -2.11. The van der Waals surface area contributed by atoms with E-state index in [0.717, 1.165) is 10.5 Å². The molecule has 0 saturated heterocycles. The van der Waals surface area contributed by atoms with Crippen LogP contribution in [0.5, 0.6) is 5.75 Å². The first-order chi connectivity index (χ1) is 13.3. The standard InChI is InChI=1S/C21H24N2O4S/c1-13(2)21(26)27-16-10-8-15(9-11-16)12-28-18-7-5-4-6-17(18)20(25)23-19(24)14(3)22/h4-11,13-14H,12,22H2,1-3H3,(H,23,24,25)/t14-/m0/s1. The SMILES string of the molecule is CC(C)C(=O)Oc1ccc(CSc2ccccc2C(=O)NC(=O)[C@H](C)N)cc1. The van der Waals surface area contributed by atoms with Crippen molar-refractivity contribution in [2.45, 2.75) is 37.5 Å². The van der Waals surface area contributed by atoms with Gasteiger partial charge in [-0.05, 0) is 36.8 Å². The molecule has 1 atom stereocenters. The van der Waals surface area contributed by atoms with Crippen molar-refractivity contribution in [3.63, 3.8) is 0 Å². The maximum atomic E-state index is 12.3. The van der Waals surface area contributed by atoms with Crippen LogP contribution in [0.1, 0.15) is 36.7 Å². The minimum Gasteiger partial charge on any atom is -0.426 e. The number of amides is 2. The normalized spacial score (nSPS) is 11.8. The molecule has 0 spiro atoms. The zero-order valence-corrected chi connectivity index (χ0v) is 16.9. The fourth-order valence-electron chi connectivity index (χ4n) is 2.12. The molecule has 28 heavy (non-hydrogen) atoms. The Labute approximate surface area is 168 Å². The Kier molecular flexibility index (Phi) is 7.78. The van der Waals surface area contributed by atoms with Gasteiger partial charge in [-0.25, -0.2) is 0 Å². The number of hydrogen-bond donors (Lipinski definition) is 2. The Balaban J connectivity index is 2.02. The first-order valence-electron chi connectivity index (χ1n) is 8.91. The zero-order chi connectivity index (χ0) is 20.7. The first-order valence-corrected chi connectivity index (χ1v) is 9.89. The zero-order valence-electron chi connectivity index (χ0n) is 16.1. The van der Waals surface area contributed by atoms with Crippen LogP contribution in [-0.4, -0.2) is 23.8 Å². The third-order valence-electron chi connectivity index (χ3n) is 3.79. The van der Waals surface area contributed by atoms with E-state index in [1.165, 1.54) is 18.7 Å². The molecule has 0 aliphatic rings. The summed E-state index contributed by atoms with van der Waals surface area (Å²) >= 11 is 1.48. The Hall–Kier alpha value is -2.64. The Bertz CT molecular complexity index is 848. The van der Waals surface area contributed by atoms with Crippen LogP contribution < -0.4 is 15.8 Å². The van der Waals surface area contributed by atoms with Gasteiger partial charge >= 0.3 is 5.97 Å². The van der Waals surface area contributed by atoms with E-state index in [0.29, 0.717) is 17.1 Å². The fraction of sp³-hybridized carbons (Fsp3) is 0.286. The van der Waals surface area contributed by atoms with Crippen LogP contribution in [0, 0.1) is 5.92 Å². The van der Waals surface area contributed by atoms with Gasteiger partial charge in [0.2, 0.25) is 5.91 Å². The summed E-state index contributed by atoms with van der Waals surface area (Å²) in [5, 5.41) is 2.30. The monoisotopic (exact) mass is 400 g/mol. The lowest BCUT2D eigenvalue weighted by molar-refractivity contribution is -0.137. The van der Waals surface area contributed by atoms with Crippen LogP contribution in [0.2, 0.25) is 0 Å². The maximum Gasteiger partial charge on any atom is 0.313 e. The van der Waals surface area contributed by atoms with Crippen LogP contribution >= 0.6 is 11.8 Å². The van der Waals surface area contributed by atoms with Crippen molar-refractivity contribution in [2.24, 2.45) is 11.7 Å². The van der Waals surface area contributed by atoms with Gasteiger partial charge in [0.1, 0.15) is 5.75 Å². The number of imide groups is 1. The predicted molar refractivity (Wildman–Crippen MR) is 109 cm³/mol. The molecule has 2 rings (SSSR count). The van der Waals surface area contributed by atoms with Crippen molar-refractivity contribution < 1.29 is 19.1 Å². The van der Waals surface area contributed by atoms with Gasteiger partial charge in [-0.1, -0.05) is 38.1 Å². The van der Waals surface area contributed by atoms with Crippen molar-refractivity contribution in [1.29, 1.82) is 0 Å². The molecule has 0 fully saturated rings. The molecule has 0 heterocycles. The molecule has 2 amide bonds. The molecule has 0 unspecified atom stereocenters. The molecule has 6 nitrogen and oxygen atoms in total. The number of esters is 1. The summed E-state index contributed by atoms with van der Waals surface area (Å²) in [6.07, 6.45) is 0. The van der Waals surface area contributed by atoms with Crippen molar-refractivity contribution >= 4 is 29.5 Å². The van der Waals surface area contributed by atoms with E-state index >= 15 is 0 Å². The first kappa shape index (κ1) is 21.7. The van der Waals surface area contributed by atoms with Crippen molar-refractivity contribution in [3.8, 4) is 5.75 Å². The van der Waals surface area contributed by atoms with Gasteiger partial charge in [-0.3, -0.25) is 19.7 Å². The van der Waals surface area contributed by atoms with Crippen molar-refractivity contribution in [1.82, 2.24) is 5.32 Å². The van der Waals surface area contributed by atoms with Crippen LogP contribution in [0.15, 0.2) is 53.4 Å². The Morgan fingerprint density at radius 2 is 1.68 bits per heavy atom. The second-order valence-electron chi connectivity index (χ2n) is 6.61. The van der Waals surface area contributed by atoms with Crippen LogP contribution in [-0.2, 0) is 15.3 Å². The second kappa shape index (κ2) is 10.1. The molecule has 0 aliphatic carbocycles. The van der Waals surface area contributed by atoms with Crippen molar-refractivity contribution in [3.05, 3.63) is 59.7 Å². The lowest BCUT2D eigenvalue weighted by Crippen LogP contribution is -2.41. The van der Waals surface area contributed by atoms with Gasteiger partial charge in [0.25, 0.3) is 5.91 Å². The minimum absolute atomic E-state index is 0.188. The summed E-state index contributed by atoms with van der Waals surface area (Å²) in [6.45, 7) is 5.08. The van der Waals surface area contributed by atoms with E-state index in [2.05, 4.69) is 5.32 Å². The highest BCUT2D eigenvalue weighted by Gasteiger charge is 2.16. The van der Waals surface area contributed by atoms with E-state index in [-0.39, 0.29) is 11.9 Å². The second-order valence-corrected chi connectivity index (χ2v) is 7.63. The molecule has 148 valence electrons. The quantitative estimate of drug-likeness (QED) is 0.421. The molecule has 3 N–H and O–H groups in total. The van der Waals surface area contributed by atoms with Crippen molar-refractivity contribution in [2.75, 3.05) is 0 Å². The van der Waals surface area contributed by atoms with Crippen LogP contribution in [0.3, 0.4) is 0 Å². The third-order valence-corrected chi connectivity index (χ3v) is 4.93. The number of carbonyl (C=O) groups is 3. The number of nitrogens with two attached hydrogens (primary N) is 1. The third kappa shape index (κ3) is 6.21. The molecule has 0 radical (unpaired) electrons. The summed E-state index contributed by atoms with van der Waals surface area (Å²) in [5.74, 6) is -0.334. The lowest BCUT2D eigenvalue weighted by atomic mass is 10.2. The van der Waals surface area contributed by atoms with E-state index in [9.17, 15) is 14.4 Å². The van der Waals surface area contributed by atoms with E-state index in [1.54, 1.807) is 38.1 Å². The molecule has 0 aliphatic heterocycles. The summed E-state index contributed by atoms with van der Waals surface area (Å²) in [6, 6.07) is 13.6. The van der Waals surface area contributed by atoms with Gasteiger partial charge in [-0.15, -0.1) is 11.8 Å². The predicted octanol–water partition coefficient (Wildman–Crippen LogP) is 3.14. The molecule has 2 aromatic carbocycles. The average molecular weight is 401 g/mol. The number of benzene rings is 2. The van der Waals surface area contributed by atoms with Gasteiger partial charge in [0.15, 0.2) is 0 Å². The highest BCUT2D eigenvalue weighted by Crippen LogP contribution is 2.27. The number of ether oxygens (including phenoxy) is 1. The molecule has 7 heteroatoms. The summed E-state index contributed by atoms with van der Waals surface area (Å²) in [5.41, 5.74) is 6.92. The van der Waals surface area contributed by atoms with Crippen LogP contribution in [0.4, 0.5) is 0 Å². The number of hydrogen-bond acceptors (Lipinski definition) is 6. The largest absolute Gasteiger partial charge is 0.426 e. The van der Waals surface area contributed by atoms with Gasteiger partial charge in [-0.2, -0.15) is 0 Å². The Morgan fingerprint density at radius 3 is 2.29 bits per heavy atom. The van der Waals surface area contributed by atoms with Gasteiger partial charge in [0.05, 0.1) is 17.5 Å². The molecule has 2 aromatic rings. The highest BCUT2D eigenvalue weighted by atomic mass is 32.2. The van der Waals surface area contributed by atoms with E-state index in [4.69, 9.17) is 10.5 Å². The molecular formula is C21H24N2O4S. The van der Waals surface area contributed by atoms with E-state index < -0.39 is 17.9 Å². The average Bonchev–Trinajstić information content (AvgIpc) is 2.67. The van der Waals surface area contributed by atoms with E-state index in [1.807, 2.05) is 24.3 Å². The summed E-state index contributed by atoms with van der Waals surface area (Å²) in [4.78, 5) is 36.4. The number of thioether (sulfide) groups is 1. The van der Waals surface area contributed by atoms with Gasteiger partial charge < -0.3 is 10.5 Å². The smallest absolute Gasteiger partial charge is 0.313 e. The minimum atomic E-state index is -0.757. The van der Waals surface area contributed by atoms with Crippen LogP contribution in [0.25, 0.3) is 0 Å². The van der Waals surface area contributed by atoms with Gasteiger partial charge in [0, 0.05) is 10.6 Å². The molecule has 0 saturated carbocycles. The Morgan fingerprint density at radius 1 is 1.04 bits per heavy atom. The maximum absolute atomic E-state index is 12.3. The number of carbonyl (C=O) groups excluding carboxylic acids is 3. The highest BCUT2D eigenvalue weighted by molar-refractivity contribution is 7.98. The summed E-state index contributed by atoms with van der Waals surface area (Å²) in [7, 11) is 0. The molecule has 0 bridgehead atoms. The molecule has 0 aromatic heterocycles. The topological polar surface area (TPSA) is 98.5 Å². The summed E-state index contributed by atoms with van der Waals surface area (Å²) < 4.78 is 5.26. The fourth-order valence-corrected chi connectivity index (χ4v) is 3.13. The molecular weight excluding hydrogens is 376 g/mol. The number of rotatable bonds is 7. The number of nitrogens with one attached hydrogen (secondary N) is 1.